The van der Waals surface area contributed by atoms with Gasteiger partial charge in [0.15, 0.2) is 0 Å². The van der Waals surface area contributed by atoms with Crippen LogP contribution in [0.3, 0.4) is 0 Å². The number of carbonyl (C=O) groups is 2. The minimum absolute atomic E-state index is 0.0802. The van der Waals surface area contributed by atoms with Crippen LogP contribution >= 0.6 is 0 Å². The first-order valence-electron chi connectivity index (χ1n) is 9.50. The van der Waals surface area contributed by atoms with E-state index in [9.17, 15) is 9.59 Å². The zero-order valence-corrected chi connectivity index (χ0v) is 16.4. The van der Waals surface area contributed by atoms with Crippen molar-refractivity contribution in [3.8, 4) is 0 Å². The summed E-state index contributed by atoms with van der Waals surface area (Å²) in [5.74, 6) is 0.560. The molecule has 0 N–H and O–H groups in total. The maximum atomic E-state index is 12.5. The standard InChI is InChI=1S/C21H26N4O3/c1-3-28-21(27)17-9-10-19(22-15-17)25-13-11-24(12-14-25)16-20(26)23(2)18-7-5-4-6-8-18/h4-10,15H,3,11-14,16H2,1-2H3. The molecule has 0 radical (unpaired) electrons. The molecule has 1 aromatic carbocycles. The Bertz CT molecular complexity index is 787. The van der Waals surface area contributed by atoms with Crippen LogP contribution in [0.25, 0.3) is 0 Å². The molecule has 0 aliphatic carbocycles. The van der Waals surface area contributed by atoms with Crippen LogP contribution in [0.1, 0.15) is 17.3 Å². The third-order valence-electron chi connectivity index (χ3n) is 4.83. The Morgan fingerprint density at radius 2 is 1.79 bits per heavy atom. The normalized spacial score (nSPS) is 14.6. The van der Waals surface area contributed by atoms with E-state index >= 15 is 0 Å². The van der Waals surface area contributed by atoms with E-state index < -0.39 is 0 Å². The molecule has 0 unspecified atom stereocenters. The zero-order chi connectivity index (χ0) is 19.9. The highest BCUT2D eigenvalue weighted by Crippen LogP contribution is 2.16. The summed E-state index contributed by atoms with van der Waals surface area (Å²) in [5.41, 5.74) is 1.36. The summed E-state index contributed by atoms with van der Waals surface area (Å²) in [6.07, 6.45) is 1.55. The second-order valence-corrected chi connectivity index (χ2v) is 6.68. The summed E-state index contributed by atoms with van der Waals surface area (Å²) in [7, 11) is 1.81. The second kappa shape index (κ2) is 9.32. The van der Waals surface area contributed by atoms with Gasteiger partial charge in [0.1, 0.15) is 5.82 Å². The molecule has 1 aliphatic rings. The molecule has 1 fully saturated rings. The highest BCUT2D eigenvalue weighted by Gasteiger charge is 2.22. The largest absolute Gasteiger partial charge is 0.462 e. The summed E-state index contributed by atoms with van der Waals surface area (Å²) in [4.78, 5) is 34.7. The van der Waals surface area contributed by atoms with Gasteiger partial charge in [0, 0.05) is 45.1 Å². The molecule has 1 aromatic heterocycles. The number of likely N-dealkylation sites (N-methyl/N-ethyl adjacent to an activating group) is 1. The number of benzene rings is 1. The maximum Gasteiger partial charge on any atom is 0.339 e. The fraction of sp³-hybridized carbons (Fsp3) is 0.381. The third kappa shape index (κ3) is 4.86. The van der Waals surface area contributed by atoms with E-state index in [2.05, 4.69) is 14.8 Å². The van der Waals surface area contributed by atoms with Crippen molar-refractivity contribution in [2.75, 3.05) is 56.2 Å². The molecular formula is C21H26N4O3. The number of piperazine rings is 1. The number of carbonyl (C=O) groups excluding carboxylic acids is 2. The summed E-state index contributed by atoms with van der Waals surface area (Å²) in [5, 5.41) is 0. The first-order chi connectivity index (χ1) is 13.6. The van der Waals surface area contributed by atoms with Crippen molar-refractivity contribution in [2.24, 2.45) is 0 Å². The number of pyridine rings is 1. The van der Waals surface area contributed by atoms with Gasteiger partial charge in [-0.2, -0.15) is 0 Å². The van der Waals surface area contributed by atoms with Crippen LogP contribution in [0.15, 0.2) is 48.7 Å². The van der Waals surface area contributed by atoms with Gasteiger partial charge < -0.3 is 14.5 Å². The van der Waals surface area contributed by atoms with Crippen LogP contribution in [-0.2, 0) is 9.53 Å². The predicted molar refractivity (Wildman–Crippen MR) is 109 cm³/mol. The van der Waals surface area contributed by atoms with Crippen molar-refractivity contribution >= 4 is 23.4 Å². The highest BCUT2D eigenvalue weighted by atomic mass is 16.5. The smallest absolute Gasteiger partial charge is 0.339 e. The molecule has 0 bridgehead atoms. The Morgan fingerprint density at radius 3 is 2.39 bits per heavy atom. The van der Waals surface area contributed by atoms with E-state index in [1.54, 1.807) is 24.1 Å². The maximum absolute atomic E-state index is 12.5. The lowest BCUT2D eigenvalue weighted by atomic mass is 10.2. The predicted octanol–water partition coefficient (Wildman–Crippen LogP) is 2.04. The highest BCUT2D eigenvalue weighted by molar-refractivity contribution is 5.94. The third-order valence-corrected chi connectivity index (χ3v) is 4.83. The van der Waals surface area contributed by atoms with Gasteiger partial charge in [-0.1, -0.05) is 18.2 Å². The van der Waals surface area contributed by atoms with E-state index in [0.29, 0.717) is 18.7 Å². The van der Waals surface area contributed by atoms with Crippen molar-refractivity contribution in [3.05, 3.63) is 54.2 Å². The number of hydrogen-bond acceptors (Lipinski definition) is 6. The van der Waals surface area contributed by atoms with E-state index in [1.807, 2.05) is 43.4 Å². The van der Waals surface area contributed by atoms with Crippen molar-refractivity contribution in [1.29, 1.82) is 0 Å². The molecule has 28 heavy (non-hydrogen) atoms. The molecule has 2 heterocycles. The minimum Gasteiger partial charge on any atom is -0.462 e. The average Bonchev–Trinajstić information content (AvgIpc) is 2.74. The Labute approximate surface area is 165 Å². The van der Waals surface area contributed by atoms with E-state index in [1.165, 1.54) is 0 Å². The van der Waals surface area contributed by atoms with Gasteiger partial charge in [-0.05, 0) is 31.2 Å². The fourth-order valence-corrected chi connectivity index (χ4v) is 3.14. The molecular weight excluding hydrogens is 356 g/mol. The van der Waals surface area contributed by atoms with Crippen molar-refractivity contribution in [2.45, 2.75) is 6.92 Å². The van der Waals surface area contributed by atoms with Crippen molar-refractivity contribution < 1.29 is 14.3 Å². The molecule has 0 saturated carbocycles. The minimum atomic E-state index is -0.354. The Kier molecular flexibility index (Phi) is 6.60. The molecule has 0 atom stereocenters. The van der Waals surface area contributed by atoms with E-state index in [-0.39, 0.29) is 11.9 Å². The van der Waals surface area contributed by atoms with Gasteiger partial charge in [-0.15, -0.1) is 0 Å². The molecule has 1 aliphatic heterocycles. The van der Waals surface area contributed by atoms with Gasteiger partial charge in [0.05, 0.1) is 18.7 Å². The second-order valence-electron chi connectivity index (χ2n) is 6.68. The number of amides is 1. The van der Waals surface area contributed by atoms with Gasteiger partial charge in [0.25, 0.3) is 0 Å². The van der Waals surface area contributed by atoms with Gasteiger partial charge >= 0.3 is 5.97 Å². The number of ether oxygens (including phenoxy) is 1. The number of rotatable bonds is 6. The zero-order valence-electron chi connectivity index (χ0n) is 16.4. The number of para-hydroxylation sites is 1. The van der Waals surface area contributed by atoms with E-state index in [0.717, 1.165) is 37.7 Å². The molecule has 7 nitrogen and oxygen atoms in total. The fourth-order valence-electron chi connectivity index (χ4n) is 3.14. The molecule has 148 valence electrons. The monoisotopic (exact) mass is 382 g/mol. The Balaban J connectivity index is 1.50. The van der Waals surface area contributed by atoms with Gasteiger partial charge in [-0.3, -0.25) is 9.69 Å². The summed E-state index contributed by atoms with van der Waals surface area (Å²) in [6, 6.07) is 13.2. The average molecular weight is 382 g/mol. The van der Waals surface area contributed by atoms with Crippen LogP contribution in [0.4, 0.5) is 11.5 Å². The van der Waals surface area contributed by atoms with Crippen LogP contribution in [0, 0.1) is 0 Å². The Morgan fingerprint density at radius 1 is 1.07 bits per heavy atom. The molecule has 1 saturated heterocycles. The molecule has 7 heteroatoms. The first-order valence-corrected chi connectivity index (χ1v) is 9.50. The lowest BCUT2D eigenvalue weighted by molar-refractivity contribution is -0.119. The topological polar surface area (TPSA) is 66.0 Å². The van der Waals surface area contributed by atoms with Crippen LogP contribution in [0.2, 0.25) is 0 Å². The number of esters is 1. The van der Waals surface area contributed by atoms with Crippen LogP contribution < -0.4 is 9.80 Å². The molecule has 2 aromatic rings. The summed E-state index contributed by atoms with van der Waals surface area (Å²) >= 11 is 0. The lowest BCUT2D eigenvalue weighted by Gasteiger charge is -2.35. The SMILES string of the molecule is CCOC(=O)c1ccc(N2CCN(CC(=O)N(C)c3ccccc3)CC2)nc1. The quantitative estimate of drug-likeness (QED) is 0.713. The Hall–Kier alpha value is -2.93. The molecule has 1 amide bonds. The number of hydrogen-bond donors (Lipinski definition) is 0. The number of anilines is 2. The molecule has 3 rings (SSSR count). The molecule has 0 spiro atoms. The first kappa shape index (κ1) is 19.8. The summed E-state index contributed by atoms with van der Waals surface area (Å²) in [6.45, 7) is 5.67. The van der Waals surface area contributed by atoms with Crippen molar-refractivity contribution in [1.82, 2.24) is 9.88 Å². The van der Waals surface area contributed by atoms with Crippen LogP contribution in [-0.4, -0.2) is 68.1 Å². The van der Waals surface area contributed by atoms with Gasteiger partial charge in [0.2, 0.25) is 5.91 Å². The van der Waals surface area contributed by atoms with E-state index in [4.69, 9.17) is 4.74 Å². The van der Waals surface area contributed by atoms with Crippen molar-refractivity contribution in [3.63, 3.8) is 0 Å². The summed E-state index contributed by atoms with van der Waals surface area (Å²) < 4.78 is 4.98. The number of aromatic nitrogens is 1. The van der Waals surface area contributed by atoms with Crippen LogP contribution in [0.5, 0.6) is 0 Å². The lowest BCUT2D eigenvalue weighted by Crippen LogP contribution is -2.50. The number of nitrogens with zero attached hydrogens (tertiary/aromatic N) is 4. The van der Waals surface area contributed by atoms with Gasteiger partial charge in [-0.25, -0.2) is 9.78 Å².